The van der Waals surface area contributed by atoms with E-state index in [1.54, 1.807) is 6.07 Å². The molecule has 0 fully saturated rings. The van der Waals surface area contributed by atoms with Gasteiger partial charge in [0.15, 0.2) is 6.61 Å². The predicted octanol–water partition coefficient (Wildman–Crippen LogP) is 4.33. The lowest BCUT2D eigenvalue weighted by molar-refractivity contribution is -0.147. The number of ether oxygens (including phenoxy) is 2. The van der Waals surface area contributed by atoms with Crippen molar-refractivity contribution in [2.75, 3.05) is 18.5 Å². The molecule has 0 aliphatic carbocycles. The van der Waals surface area contributed by atoms with Crippen LogP contribution in [0.4, 0.5) is 5.69 Å². The quantitative estimate of drug-likeness (QED) is 0.678. The van der Waals surface area contributed by atoms with Gasteiger partial charge >= 0.3 is 5.97 Å². The average molecular weight is 420 g/mol. The maximum absolute atomic E-state index is 12.0. The number of anilines is 1. The van der Waals surface area contributed by atoms with Crippen LogP contribution in [-0.2, 0) is 14.3 Å². The zero-order valence-corrected chi connectivity index (χ0v) is 16.7. The van der Waals surface area contributed by atoms with E-state index in [4.69, 9.17) is 9.47 Å². The van der Waals surface area contributed by atoms with Crippen LogP contribution in [0.3, 0.4) is 0 Å². The molecule has 2 aromatic carbocycles. The predicted molar refractivity (Wildman–Crippen MR) is 104 cm³/mol. The van der Waals surface area contributed by atoms with E-state index >= 15 is 0 Å². The normalized spacial score (nSPS) is 10.3. The molecule has 2 aromatic rings. The molecule has 0 aliphatic heterocycles. The van der Waals surface area contributed by atoms with Crippen LogP contribution in [0.1, 0.15) is 23.1 Å². The highest BCUT2D eigenvalue weighted by atomic mass is 79.9. The second-order valence-corrected chi connectivity index (χ2v) is 6.95. The first-order valence-corrected chi connectivity index (χ1v) is 9.06. The van der Waals surface area contributed by atoms with Crippen molar-refractivity contribution in [1.29, 1.82) is 0 Å². The highest BCUT2D eigenvalue weighted by molar-refractivity contribution is 9.10. The molecular weight excluding hydrogens is 398 g/mol. The van der Waals surface area contributed by atoms with E-state index in [1.165, 1.54) is 0 Å². The van der Waals surface area contributed by atoms with Crippen molar-refractivity contribution in [3.8, 4) is 5.75 Å². The topological polar surface area (TPSA) is 64.6 Å². The first-order valence-electron chi connectivity index (χ1n) is 8.27. The molecule has 0 aromatic heterocycles. The van der Waals surface area contributed by atoms with Crippen LogP contribution >= 0.6 is 15.9 Å². The third kappa shape index (κ3) is 6.19. The summed E-state index contributed by atoms with van der Waals surface area (Å²) in [6, 6.07) is 11.3. The summed E-state index contributed by atoms with van der Waals surface area (Å²) in [6.07, 6.45) is 0.0718. The minimum Gasteiger partial charge on any atom is -0.493 e. The molecule has 6 heteroatoms. The number of amides is 1. The van der Waals surface area contributed by atoms with Crippen molar-refractivity contribution in [3.05, 3.63) is 57.6 Å². The summed E-state index contributed by atoms with van der Waals surface area (Å²) >= 11 is 3.35. The van der Waals surface area contributed by atoms with Crippen molar-refractivity contribution < 1.29 is 19.1 Å². The summed E-state index contributed by atoms with van der Waals surface area (Å²) in [6.45, 7) is 5.74. The zero-order valence-electron chi connectivity index (χ0n) is 15.1. The van der Waals surface area contributed by atoms with E-state index < -0.39 is 5.97 Å². The molecular formula is C20H22BrNO4. The molecule has 0 saturated heterocycles. The summed E-state index contributed by atoms with van der Waals surface area (Å²) in [5.41, 5.74) is 3.85. The fourth-order valence-electron chi connectivity index (χ4n) is 2.58. The smallest absolute Gasteiger partial charge is 0.309 e. The van der Waals surface area contributed by atoms with Crippen LogP contribution in [0.25, 0.3) is 0 Å². The number of carbonyl (C=O) groups is 2. The number of hydrogen-bond acceptors (Lipinski definition) is 4. The number of nitrogens with one attached hydrogen (secondary N) is 1. The monoisotopic (exact) mass is 419 g/mol. The van der Waals surface area contributed by atoms with E-state index in [0.29, 0.717) is 5.75 Å². The van der Waals surface area contributed by atoms with Crippen LogP contribution in [0, 0.1) is 20.8 Å². The Bertz CT molecular complexity index is 781. The maximum atomic E-state index is 12.0. The molecule has 0 atom stereocenters. The van der Waals surface area contributed by atoms with Gasteiger partial charge in [-0.1, -0.05) is 39.7 Å². The van der Waals surface area contributed by atoms with Gasteiger partial charge in [0, 0.05) is 10.2 Å². The summed E-state index contributed by atoms with van der Waals surface area (Å²) in [5, 5.41) is 2.80. The molecule has 26 heavy (non-hydrogen) atoms. The van der Waals surface area contributed by atoms with Gasteiger partial charge in [-0.25, -0.2) is 0 Å². The molecule has 2 rings (SSSR count). The van der Waals surface area contributed by atoms with E-state index in [0.717, 1.165) is 26.9 Å². The molecule has 0 heterocycles. The van der Waals surface area contributed by atoms with E-state index in [1.807, 2.05) is 51.1 Å². The Hall–Kier alpha value is -2.34. The number of halogens is 1. The summed E-state index contributed by atoms with van der Waals surface area (Å²) in [7, 11) is 0. The van der Waals surface area contributed by atoms with E-state index in [-0.39, 0.29) is 25.5 Å². The summed E-state index contributed by atoms with van der Waals surface area (Å²) in [4.78, 5) is 23.8. The Balaban J connectivity index is 1.74. The van der Waals surface area contributed by atoms with Gasteiger partial charge in [0.1, 0.15) is 5.75 Å². The lowest BCUT2D eigenvalue weighted by atomic mass is 10.1. The van der Waals surface area contributed by atoms with Crippen LogP contribution < -0.4 is 10.1 Å². The van der Waals surface area contributed by atoms with Gasteiger partial charge in [0.05, 0.1) is 13.0 Å². The molecule has 5 nitrogen and oxygen atoms in total. The molecule has 0 saturated carbocycles. The van der Waals surface area contributed by atoms with Crippen molar-refractivity contribution in [3.63, 3.8) is 0 Å². The Morgan fingerprint density at radius 1 is 1.08 bits per heavy atom. The number of rotatable bonds is 7. The molecule has 0 aliphatic rings. The first-order chi connectivity index (χ1) is 12.3. The number of aryl methyl sites for hydroxylation is 3. The van der Waals surface area contributed by atoms with Crippen molar-refractivity contribution in [2.24, 2.45) is 0 Å². The van der Waals surface area contributed by atoms with Crippen LogP contribution in [0.5, 0.6) is 5.75 Å². The van der Waals surface area contributed by atoms with Gasteiger partial charge in [-0.2, -0.15) is 0 Å². The number of benzene rings is 2. The average Bonchev–Trinajstić information content (AvgIpc) is 2.56. The van der Waals surface area contributed by atoms with Gasteiger partial charge < -0.3 is 14.8 Å². The zero-order chi connectivity index (χ0) is 19.1. The number of carbonyl (C=O) groups excluding carboxylic acids is 2. The molecule has 0 unspecified atom stereocenters. The summed E-state index contributed by atoms with van der Waals surface area (Å²) in [5.74, 6) is -0.177. The fraction of sp³-hybridized carbons (Fsp3) is 0.300. The van der Waals surface area contributed by atoms with Crippen LogP contribution in [0.2, 0.25) is 0 Å². The highest BCUT2D eigenvalue weighted by Gasteiger charge is 2.11. The van der Waals surface area contributed by atoms with Gasteiger partial charge in [0.2, 0.25) is 0 Å². The maximum Gasteiger partial charge on any atom is 0.309 e. The molecule has 0 spiro atoms. The lowest BCUT2D eigenvalue weighted by Crippen LogP contribution is -2.22. The Labute approximate surface area is 161 Å². The van der Waals surface area contributed by atoms with E-state index in [2.05, 4.69) is 21.2 Å². The van der Waals surface area contributed by atoms with Gasteiger partial charge in [-0.05, 0) is 50.1 Å². The number of esters is 1. The standard InChI is InChI=1S/C20H22BrNO4/c1-13-9-14(2)20(15(3)10-13)22-18(23)12-26-19(24)7-8-25-17-6-4-5-16(21)11-17/h4-6,9-11H,7-8,12H2,1-3H3,(H,22,23). The Morgan fingerprint density at radius 3 is 2.42 bits per heavy atom. The Morgan fingerprint density at radius 2 is 1.77 bits per heavy atom. The minimum atomic E-state index is -0.479. The highest BCUT2D eigenvalue weighted by Crippen LogP contribution is 2.21. The molecule has 138 valence electrons. The van der Waals surface area contributed by atoms with Gasteiger partial charge in [0.25, 0.3) is 5.91 Å². The second-order valence-electron chi connectivity index (χ2n) is 6.04. The Kier molecular flexibility index (Phi) is 7.21. The molecule has 1 amide bonds. The number of hydrogen-bond donors (Lipinski definition) is 1. The fourth-order valence-corrected chi connectivity index (χ4v) is 2.96. The van der Waals surface area contributed by atoms with Crippen LogP contribution in [-0.4, -0.2) is 25.1 Å². The second kappa shape index (κ2) is 9.38. The van der Waals surface area contributed by atoms with Crippen molar-refractivity contribution in [1.82, 2.24) is 0 Å². The van der Waals surface area contributed by atoms with Gasteiger partial charge in [-0.15, -0.1) is 0 Å². The molecule has 0 bridgehead atoms. The van der Waals surface area contributed by atoms with Crippen LogP contribution in [0.15, 0.2) is 40.9 Å². The third-order valence-electron chi connectivity index (χ3n) is 3.68. The SMILES string of the molecule is Cc1cc(C)c(NC(=O)COC(=O)CCOc2cccc(Br)c2)c(C)c1. The first kappa shape index (κ1) is 20.0. The van der Waals surface area contributed by atoms with Crippen molar-refractivity contribution >= 4 is 33.5 Å². The minimum absolute atomic E-state index is 0.0718. The summed E-state index contributed by atoms with van der Waals surface area (Å²) < 4.78 is 11.4. The van der Waals surface area contributed by atoms with Gasteiger partial charge in [-0.3, -0.25) is 9.59 Å². The largest absolute Gasteiger partial charge is 0.493 e. The molecule has 1 N–H and O–H groups in total. The van der Waals surface area contributed by atoms with E-state index in [9.17, 15) is 9.59 Å². The van der Waals surface area contributed by atoms with Crippen molar-refractivity contribution in [2.45, 2.75) is 27.2 Å². The third-order valence-corrected chi connectivity index (χ3v) is 4.17. The lowest BCUT2D eigenvalue weighted by Gasteiger charge is -2.13. The molecule has 0 radical (unpaired) electrons.